The van der Waals surface area contributed by atoms with Crippen molar-refractivity contribution in [3.05, 3.63) is 28.0 Å². The zero-order valence-electron chi connectivity index (χ0n) is 9.04. The highest BCUT2D eigenvalue weighted by molar-refractivity contribution is 7.89. The average Bonchev–Trinajstić information content (AvgIpc) is 2.73. The lowest BCUT2D eigenvalue weighted by molar-refractivity contribution is 0.477. The third-order valence-corrected chi connectivity index (χ3v) is 5.75. The summed E-state index contributed by atoms with van der Waals surface area (Å²) in [4.78, 5) is -0.281. The number of hydrogen-bond acceptors (Lipinski definition) is 2. The summed E-state index contributed by atoms with van der Waals surface area (Å²) in [6.45, 7) is 0.502. The van der Waals surface area contributed by atoms with E-state index in [-0.39, 0.29) is 21.8 Å². The monoisotopic (exact) mass is 331 g/mol. The van der Waals surface area contributed by atoms with E-state index in [4.69, 9.17) is 34.8 Å². The van der Waals surface area contributed by atoms with Gasteiger partial charge in [-0.2, -0.15) is 4.31 Å². The maximum Gasteiger partial charge on any atom is 0.244 e. The van der Waals surface area contributed by atoms with Crippen LogP contribution in [0.15, 0.2) is 17.0 Å². The Kier molecular flexibility index (Phi) is 4.09. The van der Waals surface area contributed by atoms with E-state index in [1.165, 1.54) is 16.4 Å². The van der Waals surface area contributed by atoms with Crippen molar-refractivity contribution in [1.82, 2.24) is 4.31 Å². The standard InChI is InChI=1S/C10H9Cl3FNO2S/c11-6-3-4-15(5-6)18(16,17)8-2-1-7(12)10(14)9(8)13/h1-2,6H,3-5H2. The van der Waals surface area contributed by atoms with Gasteiger partial charge >= 0.3 is 0 Å². The van der Waals surface area contributed by atoms with Gasteiger partial charge in [-0.15, -0.1) is 11.6 Å². The van der Waals surface area contributed by atoms with E-state index in [1.807, 2.05) is 0 Å². The molecular weight excluding hydrogens is 324 g/mol. The summed E-state index contributed by atoms with van der Waals surface area (Å²) in [5.74, 6) is -0.930. The zero-order valence-corrected chi connectivity index (χ0v) is 12.1. The smallest absolute Gasteiger partial charge is 0.207 e. The molecule has 1 unspecified atom stereocenters. The average molecular weight is 333 g/mol. The lowest BCUT2D eigenvalue weighted by atomic mass is 10.3. The predicted molar refractivity (Wildman–Crippen MR) is 69.4 cm³/mol. The lowest BCUT2D eigenvalue weighted by Crippen LogP contribution is -2.29. The molecule has 8 heteroatoms. The van der Waals surface area contributed by atoms with E-state index in [0.29, 0.717) is 13.0 Å². The topological polar surface area (TPSA) is 37.4 Å². The van der Waals surface area contributed by atoms with Crippen LogP contribution in [0.5, 0.6) is 0 Å². The molecule has 0 amide bonds. The molecule has 0 aliphatic carbocycles. The largest absolute Gasteiger partial charge is 0.244 e. The van der Waals surface area contributed by atoms with Gasteiger partial charge in [0.1, 0.15) is 4.90 Å². The predicted octanol–water partition coefficient (Wildman–Crippen LogP) is 3.13. The Bertz CT molecular complexity index is 579. The summed E-state index contributed by atoms with van der Waals surface area (Å²) in [5, 5.41) is -0.924. The Hall–Kier alpha value is -0.0700. The second kappa shape index (κ2) is 5.13. The number of halogens is 4. The highest BCUT2D eigenvalue weighted by atomic mass is 35.5. The fraction of sp³-hybridized carbons (Fsp3) is 0.400. The van der Waals surface area contributed by atoms with Crippen LogP contribution in [0.2, 0.25) is 10.0 Å². The van der Waals surface area contributed by atoms with Gasteiger partial charge in [0.15, 0.2) is 5.82 Å². The first kappa shape index (κ1) is 14.3. The van der Waals surface area contributed by atoms with Gasteiger partial charge in [0.05, 0.1) is 10.0 Å². The summed E-state index contributed by atoms with van der Waals surface area (Å²) >= 11 is 17.1. The molecule has 1 atom stereocenters. The normalized spacial score (nSPS) is 21.4. The molecule has 1 heterocycles. The van der Waals surface area contributed by atoms with E-state index in [0.717, 1.165) is 0 Å². The number of benzene rings is 1. The van der Waals surface area contributed by atoms with Crippen molar-refractivity contribution in [3.8, 4) is 0 Å². The number of hydrogen-bond donors (Lipinski definition) is 0. The second-order valence-electron chi connectivity index (χ2n) is 3.92. The van der Waals surface area contributed by atoms with Crippen LogP contribution < -0.4 is 0 Å². The van der Waals surface area contributed by atoms with Gasteiger partial charge < -0.3 is 0 Å². The third-order valence-electron chi connectivity index (χ3n) is 2.71. The van der Waals surface area contributed by atoms with Crippen LogP contribution in [0, 0.1) is 5.82 Å². The van der Waals surface area contributed by atoms with Crippen LogP contribution in [-0.2, 0) is 10.0 Å². The number of rotatable bonds is 2. The van der Waals surface area contributed by atoms with E-state index in [1.54, 1.807) is 0 Å². The van der Waals surface area contributed by atoms with Crippen LogP contribution >= 0.6 is 34.8 Å². The third kappa shape index (κ3) is 2.47. The van der Waals surface area contributed by atoms with Crippen LogP contribution in [0.4, 0.5) is 4.39 Å². The van der Waals surface area contributed by atoms with Crippen LogP contribution in [-0.4, -0.2) is 31.2 Å². The molecule has 0 aromatic heterocycles. The number of nitrogens with zero attached hydrogens (tertiary/aromatic N) is 1. The minimum atomic E-state index is -3.82. The van der Waals surface area contributed by atoms with Crippen molar-refractivity contribution in [2.24, 2.45) is 0 Å². The van der Waals surface area contributed by atoms with Gasteiger partial charge in [0.2, 0.25) is 10.0 Å². The van der Waals surface area contributed by atoms with Crippen molar-refractivity contribution in [3.63, 3.8) is 0 Å². The molecule has 3 nitrogen and oxygen atoms in total. The second-order valence-corrected chi connectivity index (χ2v) is 7.23. The Balaban J connectivity index is 2.45. The molecule has 0 saturated carbocycles. The molecule has 0 spiro atoms. The van der Waals surface area contributed by atoms with Crippen LogP contribution in [0.3, 0.4) is 0 Å². The van der Waals surface area contributed by atoms with Gasteiger partial charge in [-0.1, -0.05) is 23.2 Å². The van der Waals surface area contributed by atoms with E-state index in [2.05, 4.69) is 0 Å². The Morgan fingerprint density at radius 3 is 2.56 bits per heavy atom. The van der Waals surface area contributed by atoms with Gasteiger partial charge in [-0.05, 0) is 18.6 Å². The van der Waals surface area contributed by atoms with Crippen molar-refractivity contribution in [2.45, 2.75) is 16.7 Å². The summed E-state index contributed by atoms with van der Waals surface area (Å²) in [6.07, 6.45) is 0.564. The molecule has 100 valence electrons. The maximum absolute atomic E-state index is 13.5. The zero-order chi connectivity index (χ0) is 13.5. The van der Waals surface area contributed by atoms with Crippen LogP contribution in [0.25, 0.3) is 0 Å². The lowest BCUT2D eigenvalue weighted by Gasteiger charge is -2.17. The fourth-order valence-electron chi connectivity index (χ4n) is 1.75. The molecule has 2 rings (SSSR count). The fourth-order valence-corrected chi connectivity index (χ4v) is 4.32. The molecule has 1 saturated heterocycles. The van der Waals surface area contributed by atoms with Gasteiger partial charge in [0.25, 0.3) is 0 Å². The van der Waals surface area contributed by atoms with Gasteiger partial charge in [-0.25, -0.2) is 12.8 Å². The first-order valence-corrected chi connectivity index (χ1v) is 7.75. The summed E-state index contributed by atoms with van der Waals surface area (Å²) in [6, 6.07) is 2.37. The highest BCUT2D eigenvalue weighted by Crippen LogP contribution is 2.32. The minimum Gasteiger partial charge on any atom is -0.207 e. The molecule has 18 heavy (non-hydrogen) atoms. The molecule has 0 N–H and O–H groups in total. The Labute approximate surface area is 119 Å². The minimum absolute atomic E-state index is 0.199. The van der Waals surface area contributed by atoms with Gasteiger partial charge in [0, 0.05) is 18.5 Å². The summed E-state index contributed by atoms with van der Waals surface area (Å²) in [5.41, 5.74) is 0. The molecule has 1 fully saturated rings. The SMILES string of the molecule is O=S(=O)(c1ccc(Cl)c(F)c1Cl)N1CCC(Cl)C1. The molecule has 1 aliphatic heterocycles. The van der Waals surface area contributed by atoms with E-state index in [9.17, 15) is 12.8 Å². The van der Waals surface area contributed by atoms with Crippen molar-refractivity contribution < 1.29 is 12.8 Å². The summed E-state index contributed by atoms with van der Waals surface area (Å²) in [7, 11) is -3.82. The van der Waals surface area contributed by atoms with Crippen molar-refractivity contribution in [2.75, 3.05) is 13.1 Å². The molecule has 1 aliphatic rings. The first-order chi connectivity index (χ1) is 8.34. The Morgan fingerprint density at radius 1 is 1.33 bits per heavy atom. The Morgan fingerprint density at radius 2 is 2.00 bits per heavy atom. The molecule has 0 bridgehead atoms. The first-order valence-electron chi connectivity index (χ1n) is 5.11. The van der Waals surface area contributed by atoms with Crippen LogP contribution in [0.1, 0.15) is 6.42 Å². The van der Waals surface area contributed by atoms with E-state index < -0.39 is 20.9 Å². The maximum atomic E-state index is 13.5. The number of sulfonamides is 1. The van der Waals surface area contributed by atoms with Crippen molar-refractivity contribution in [1.29, 1.82) is 0 Å². The molecule has 1 aromatic carbocycles. The van der Waals surface area contributed by atoms with E-state index >= 15 is 0 Å². The summed E-state index contributed by atoms with van der Waals surface area (Å²) < 4.78 is 39.2. The molecule has 1 aromatic rings. The highest BCUT2D eigenvalue weighted by Gasteiger charge is 2.33. The van der Waals surface area contributed by atoms with Crippen molar-refractivity contribution >= 4 is 44.8 Å². The quantitative estimate of drug-likeness (QED) is 0.616. The number of alkyl halides is 1. The molecule has 0 radical (unpaired) electrons. The van der Waals surface area contributed by atoms with Gasteiger partial charge in [-0.3, -0.25) is 0 Å². The molecular formula is C10H9Cl3FNO2S.